The van der Waals surface area contributed by atoms with Gasteiger partial charge < -0.3 is 14.8 Å². The van der Waals surface area contributed by atoms with Crippen LogP contribution in [0, 0.1) is 6.92 Å². The smallest absolute Gasteiger partial charge is 0.488 e. The first kappa shape index (κ1) is 13.7. The second-order valence-electron chi connectivity index (χ2n) is 4.48. The molecule has 0 radical (unpaired) electrons. The van der Waals surface area contributed by atoms with Gasteiger partial charge in [0.1, 0.15) is 5.75 Å². The van der Waals surface area contributed by atoms with Crippen LogP contribution >= 0.6 is 0 Å². The maximum Gasteiger partial charge on any atom is 0.488 e. The Morgan fingerprint density at radius 1 is 1.05 bits per heavy atom. The maximum atomic E-state index is 9.13. The average Bonchev–Trinajstić information content (AvgIpc) is 2.39. The highest BCUT2D eigenvalue weighted by molar-refractivity contribution is 6.59. The van der Waals surface area contributed by atoms with Gasteiger partial charge >= 0.3 is 7.12 Å². The molecule has 0 heterocycles. The lowest BCUT2D eigenvalue weighted by molar-refractivity contribution is 0.322. The van der Waals surface area contributed by atoms with Crippen LogP contribution in [0.15, 0.2) is 48.5 Å². The molecule has 19 heavy (non-hydrogen) atoms. The van der Waals surface area contributed by atoms with Crippen molar-refractivity contribution in [3.8, 4) is 5.75 Å². The van der Waals surface area contributed by atoms with Gasteiger partial charge in [0.2, 0.25) is 0 Å². The highest BCUT2D eigenvalue weighted by Crippen LogP contribution is 2.12. The number of benzene rings is 2. The summed E-state index contributed by atoms with van der Waals surface area (Å²) in [6.07, 6.45) is 0.851. The first-order chi connectivity index (χ1) is 9.16. The van der Waals surface area contributed by atoms with Crippen LogP contribution in [0.25, 0.3) is 0 Å². The van der Waals surface area contributed by atoms with Crippen LogP contribution in [0.2, 0.25) is 0 Å². The van der Waals surface area contributed by atoms with E-state index in [4.69, 9.17) is 14.8 Å². The van der Waals surface area contributed by atoms with Gasteiger partial charge in [-0.1, -0.05) is 36.4 Å². The van der Waals surface area contributed by atoms with Crippen molar-refractivity contribution in [1.82, 2.24) is 0 Å². The molecular formula is C15H17BO3. The van der Waals surface area contributed by atoms with Gasteiger partial charge in [0.05, 0.1) is 6.61 Å². The van der Waals surface area contributed by atoms with Crippen molar-refractivity contribution in [3.05, 3.63) is 59.7 Å². The monoisotopic (exact) mass is 256 g/mol. The fraction of sp³-hybridized carbons (Fsp3) is 0.200. The summed E-state index contributed by atoms with van der Waals surface area (Å²) in [4.78, 5) is 0. The highest BCUT2D eigenvalue weighted by Gasteiger charge is 2.13. The molecule has 0 spiro atoms. The molecule has 0 unspecified atom stereocenters. The average molecular weight is 256 g/mol. The number of hydrogen-bond acceptors (Lipinski definition) is 3. The number of aryl methyl sites for hydroxylation is 1. The zero-order valence-electron chi connectivity index (χ0n) is 10.9. The van der Waals surface area contributed by atoms with E-state index in [0.29, 0.717) is 12.1 Å². The molecule has 0 saturated carbocycles. The minimum atomic E-state index is -1.43. The summed E-state index contributed by atoms with van der Waals surface area (Å²) in [6, 6.07) is 15.4. The molecule has 2 rings (SSSR count). The summed E-state index contributed by atoms with van der Waals surface area (Å²) < 4.78 is 5.66. The molecule has 0 saturated heterocycles. The first-order valence-corrected chi connectivity index (χ1v) is 6.30. The van der Waals surface area contributed by atoms with Gasteiger partial charge in [-0.2, -0.15) is 0 Å². The predicted octanol–water partition coefficient (Wildman–Crippen LogP) is 1.30. The SMILES string of the molecule is Cc1cc(OCCc2ccccc2)ccc1B(O)O. The van der Waals surface area contributed by atoms with Crippen LogP contribution in [-0.2, 0) is 6.42 Å². The van der Waals surface area contributed by atoms with Gasteiger partial charge in [-0.25, -0.2) is 0 Å². The van der Waals surface area contributed by atoms with Crippen molar-refractivity contribution in [2.75, 3.05) is 6.61 Å². The molecule has 0 atom stereocenters. The zero-order valence-corrected chi connectivity index (χ0v) is 10.9. The molecule has 2 N–H and O–H groups in total. The fourth-order valence-corrected chi connectivity index (χ4v) is 1.96. The number of rotatable bonds is 5. The second-order valence-corrected chi connectivity index (χ2v) is 4.48. The summed E-state index contributed by atoms with van der Waals surface area (Å²) in [5.41, 5.74) is 2.56. The van der Waals surface area contributed by atoms with Crippen LogP contribution in [0.1, 0.15) is 11.1 Å². The second kappa shape index (κ2) is 6.41. The van der Waals surface area contributed by atoms with Gasteiger partial charge in [0, 0.05) is 6.42 Å². The Balaban J connectivity index is 1.92. The maximum absolute atomic E-state index is 9.13. The zero-order chi connectivity index (χ0) is 13.7. The van der Waals surface area contributed by atoms with E-state index in [1.165, 1.54) is 5.56 Å². The van der Waals surface area contributed by atoms with Crippen LogP contribution in [0.3, 0.4) is 0 Å². The lowest BCUT2D eigenvalue weighted by Crippen LogP contribution is -2.31. The van der Waals surface area contributed by atoms with E-state index >= 15 is 0 Å². The Morgan fingerprint density at radius 2 is 1.79 bits per heavy atom. The molecule has 98 valence electrons. The van der Waals surface area contributed by atoms with E-state index in [2.05, 4.69) is 12.1 Å². The molecule has 0 aliphatic rings. The van der Waals surface area contributed by atoms with Crippen molar-refractivity contribution in [3.63, 3.8) is 0 Å². The third-order valence-corrected chi connectivity index (χ3v) is 3.02. The molecule has 0 aliphatic carbocycles. The van der Waals surface area contributed by atoms with E-state index < -0.39 is 7.12 Å². The normalized spacial score (nSPS) is 10.3. The highest BCUT2D eigenvalue weighted by atomic mass is 16.5. The van der Waals surface area contributed by atoms with Crippen molar-refractivity contribution < 1.29 is 14.8 Å². The van der Waals surface area contributed by atoms with Crippen LogP contribution in [0.5, 0.6) is 5.75 Å². The largest absolute Gasteiger partial charge is 0.493 e. The number of hydrogen-bond donors (Lipinski definition) is 2. The molecular weight excluding hydrogens is 239 g/mol. The van der Waals surface area contributed by atoms with Crippen LogP contribution in [-0.4, -0.2) is 23.8 Å². The van der Waals surface area contributed by atoms with E-state index in [1.807, 2.05) is 31.2 Å². The molecule has 3 nitrogen and oxygen atoms in total. The van der Waals surface area contributed by atoms with Crippen LogP contribution < -0.4 is 10.2 Å². The Labute approximate surface area is 113 Å². The Kier molecular flexibility index (Phi) is 4.60. The quantitative estimate of drug-likeness (QED) is 0.793. The molecule has 0 aliphatic heterocycles. The summed E-state index contributed by atoms with van der Waals surface area (Å²) in [5.74, 6) is 0.748. The van der Waals surface area contributed by atoms with Crippen molar-refractivity contribution in [2.45, 2.75) is 13.3 Å². The molecule has 2 aromatic carbocycles. The first-order valence-electron chi connectivity index (χ1n) is 6.30. The van der Waals surface area contributed by atoms with Gasteiger partial charge in [0.15, 0.2) is 0 Å². The molecule has 0 amide bonds. The van der Waals surface area contributed by atoms with E-state index in [0.717, 1.165) is 17.7 Å². The van der Waals surface area contributed by atoms with Gasteiger partial charge in [0.25, 0.3) is 0 Å². The van der Waals surface area contributed by atoms with Gasteiger partial charge in [-0.15, -0.1) is 0 Å². The Morgan fingerprint density at radius 3 is 2.42 bits per heavy atom. The van der Waals surface area contributed by atoms with Crippen molar-refractivity contribution >= 4 is 12.6 Å². The van der Waals surface area contributed by atoms with E-state index in [9.17, 15) is 0 Å². The molecule has 0 aromatic heterocycles. The summed E-state index contributed by atoms with van der Waals surface area (Å²) in [5, 5.41) is 18.3. The summed E-state index contributed by atoms with van der Waals surface area (Å²) >= 11 is 0. The third-order valence-electron chi connectivity index (χ3n) is 3.02. The van der Waals surface area contributed by atoms with Crippen LogP contribution in [0.4, 0.5) is 0 Å². The molecule has 0 fully saturated rings. The fourth-order valence-electron chi connectivity index (χ4n) is 1.96. The molecule has 4 heteroatoms. The minimum Gasteiger partial charge on any atom is -0.493 e. The summed E-state index contributed by atoms with van der Waals surface area (Å²) in [7, 11) is -1.43. The lowest BCUT2D eigenvalue weighted by atomic mass is 9.77. The van der Waals surface area contributed by atoms with E-state index in [1.54, 1.807) is 12.1 Å². The van der Waals surface area contributed by atoms with Gasteiger partial charge in [-0.3, -0.25) is 0 Å². The van der Waals surface area contributed by atoms with E-state index in [-0.39, 0.29) is 0 Å². The molecule has 0 bridgehead atoms. The third kappa shape index (κ3) is 3.84. The molecule has 2 aromatic rings. The lowest BCUT2D eigenvalue weighted by Gasteiger charge is -2.09. The predicted molar refractivity (Wildman–Crippen MR) is 76.6 cm³/mol. The minimum absolute atomic E-state index is 0.510. The van der Waals surface area contributed by atoms with Crippen molar-refractivity contribution in [2.24, 2.45) is 0 Å². The standard InChI is InChI=1S/C15H17BO3/c1-12-11-14(7-8-15(12)16(17)18)19-10-9-13-5-3-2-4-6-13/h2-8,11,17-18H,9-10H2,1H3. The van der Waals surface area contributed by atoms with Crippen molar-refractivity contribution in [1.29, 1.82) is 0 Å². The number of ether oxygens (including phenoxy) is 1. The van der Waals surface area contributed by atoms with Gasteiger partial charge in [-0.05, 0) is 35.6 Å². The summed E-state index contributed by atoms with van der Waals surface area (Å²) in [6.45, 7) is 2.43. The Hall–Kier alpha value is -1.78. The topological polar surface area (TPSA) is 49.7 Å². The Bertz CT molecular complexity index is 526.